The second-order valence-electron chi connectivity index (χ2n) is 8.42. The summed E-state index contributed by atoms with van der Waals surface area (Å²) in [5, 5.41) is 18.0. The van der Waals surface area contributed by atoms with Crippen LogP contribution in [0.5, 0.6) is 0 Å². The molecule has 2 heterocycles. The summed E-state index contributed by atoms with van der Waals surface area (Å²) in [7, 11) is 0. The van der Waals surface area contributed by atoms with Gasteiger partial charge in [-0.05, 0) is 61.2 Å². The SMILES string of the molecule is c1ccc(C2CC2NCC2CCN(Cc3ccc(-c4nn[nH]n4)cc3)CC2)cc1. The molecule has 1 aliphatic carbocycles. The number of nitrogens with one attached hydrogen (secondary N) is 2. The predicted molar refractivity (Wildman–Crippen MR) is 113 cm³/mol. The average molecular weight is 389 g/mol. The molecule has 2 fully saturated rings. The van der Waals surface area contributed by atoms with E-state index >= 15 is 0 Å². The minimum absolute atomic E-state index is 0.648. The van der Waals surface area contributed by atoms with E-state index in [9.17, 15) is 0 Å². The van der Waals surface area contributed by atoms with Crippen LogP contribution in [0.3, 0.4) is 0 Å². The number of H-pyrrole nitrogens is 1. The van der Waals surface area contributed by atoms with Gasteiger partial charge in [-0.2, -0.15) is 5.21 Å². The van der Waals surface area contributed by atoms with E-state index < -0.39 is 0 Å². The van der Waals surface area contributed by atoms with Crippen LogP contribution in [0, 0.1) is 5.92 Å². The van der Waals surface area contributed by atoms with E-state index in [1.165, 1.54) is 50.0 Å². The monoisotopic (exact) mass is 388 g/mol. The van der Waals surface area contributed by atoms with Crippen molar-refractivity contribution in [3.8, 4) is 11.4 Å². The Morgan fingerprint density at radius 3 is 2.52 bits per heavy atom. The molecule has 150 valence electrons. The number of benzene rings is 2. The third kappa shape index (κ3) is 4.54. The second-order valence-corrected chi connectivity index (χ2v) is 8.42. The highest BCUT2D eigenvalue weighted by Crippen LogP contribution is 2.40. The Morgan fingerprint density at radius 1 is 1.00 bits per heavy atom. The number of likely N-dealkylation sites (tertiary alicyclic amines) is 1. The fraction of sp³-hybridized carbons (Fsp3) is 0.435. The maximum atomic E-state index is 4.03. The van der Waals surface area contributed by atoms with Gasteiger partial charge >= 0.3 is 0 Å². The zero-order chi connectivity index (χ0) is 19.5. The van der Waals surface area contributed by atoms with Crippen molar-refractivity contribution in [2.45, 2.75) is 37.8 Å². The molecule has 29 heavy (non-hydrogen) atoms. The number of tetrazole rings is 1. The predicted octanol–water partition coefficient (Wildman–Crippen LogP) is 3.22. The van der Waals surface area contributed by atoms with Crippen LogP contribution >= 0.6 is 0 Å². The van der Waals surface area contributed by atoms with Crippen molar-refractivity contribution in [3.63, 3.8) is 0 Å². The van der Waals surface area contributed by atoms with Crippen molar-refractivity contribution < 1.29 is 0 Å². The third-order valence-electron chi connectivity index (χ3n) is 6.36. The molecule has 2 unspecified atom stereocenters. The molecule has 6 heteroatoms. The smallest absolute Gasteiger partial charge is 0.204 e. The number of piperidine rings is 1. The lowest BCUT2D eigenvalue weighted by Crippen LogP contribution is -2.37. The number of aromatic nitrogens is 4. The molecule has 0 amide bonds. The van der Waals surface area contributed by atoms with Crippen molar-refractivity contribution in [1.29, 1.82) is 0 Å². The summed E-state index contributed by atoms with van der Waals surface area (Å²) in [5.74, 6) is 2.19. The summed E-state index contributed by atoms with van der Waals surface area (Å²) in [6.45, 7) is 4.56. The third-order valence-corrected chi connectivity index (χ3v) is 6.36. The van der Waals surface area contributed by atoms with Gasteiger partial charge in [0.15, 0.2) is 0 Å². The van der Waals surface area contributed by atoms with Crippen LogP contribution in [-0.2, 0) is 6.54 Å². The van der Waals surface area contributed by atoms with Crippen molar-refractivity contribution in [2.24, 2.45) is 5.92 Å². The number of hydrogen-bond acceptors (Lipinski definition) is 5. The molecule has 2 N–H and O–H groups in total. The quantitative estimate of drug-likeness (QED) is 0.650. The van der Waals surface area contributed by atoms with Crippen LogP contribution in [0.2, 0.25) is 0 Å². The number of rotatable bonds is 7. The van der Waals surface area contributed by atoms with Gasteiger partial charge in [-0.15, -0.1) is 10.2 Å². The summed E-state index contributed by atoms with van der Waals surface area (Å²) in [4.78, 5) is 2.57. The molecule has 0 radical (unpaired) electrons. The summed E-state index contributed by atoms with van der Waals surface area (Å²) in [5.41, 5.74) is 3.84. The highest BCUT2D eigenvalue weighted by molar-refractivity contribution is 5.54. The Hall–Kier alpha value is -2.57. The molecule has 1 saturated heterocycles. The van der Waals surface area contributed by atoms with E-state index in [1.807, 2.05) is 0 Å². The second kappa shape index (κ2) is 8.43. The first-order valence-corrected chi connectivity index (χ1v) is 10.7. The van der Waals surface area contributed by atoms with Crippen LogP contribution in [-0.4, -0.2) is 51.2 Å². The highest BCUT2D eigenvalue weighted by atomic mass is 15.5. The fourth-order valence-electron chi connectivity index (χ4n) is 4.46. The molecule has 2 aliphatic rings. The Bertz CT molecular complexity index is 885. The lowest BCUT2D eigenvalue weighted by Gasteiger charge is -2.32. The molecular formula is C23H28N6. The van der Waals surface area contributed by atoms with Crippen molar-refractivity contribution in [3.05, 3.63) is 65.7 Å². The van der Waals surface area contributed by atoms with Gasteiger partial charge in [0.1, 0.15) is 0 Å². The summed E-state index contributed by atoms with van der Waals surface area (Å²) < 4.78 is 0. The van der Waals surface area contributed by atoms with E-state index in [4.69, 9.17) is 0 Å². The largest absolute Gasteiger partial charge is 0.313 e. The minimum atomic E-state index is 0.648. The van der Waals surface area contributed by atoms with Crippen LogP contribution < -0.4 is 5.32 Å². The summed E-state index contributed by atoms with van der Waals surface area (Å²) in [6.07, 6.45) is 3.87. The average Bonchev–Trinajstić information content (AvgIpc) is 3.35. The van der Waals surface area contributed by atoms with E-state index in [0.717, 1.165) is 23.9 Å². The van der Waals surface area contributed by atoms with Crippen molar-refractivity contribution >= 4 is 0 Å². The first-order valence-electron chi connectivity index (χ1n) is 10.7. The van der Waals surface area contributed by atoms with Gasteiger partial charge in [-0.3, -0.25) is 4.90 Å². The van der Waals surface area contributed by atoms with Crippen molar-refractivity contribution in [2.75, 3.05) is 19.6 Å². The van der Waals surface area contributed by atoms with E-state index in [1.54, 1.807) is 0 Å². The Morgan fingerprint density at radius 2 is 1.79 bits per heavy atom. The molecule has 2 atom stereocenters. The topological polar surface area (TPSA) is 69.7 Å². The Balaban J connectivity index is 1.04. The maximum absolute atomic E-state index is 4.03. The molecule has 1 aliphatic heterocycles. The molecule has 5 rings (SSSR count). The first kappa shape index (κ1) is 18.5. The molecule has 6 nitrogen and oxygen atoms in total. The standard InChI is InChI=1S/C23H28N6/c1-2-4-19(5-3-1)21-14-22(21)24-15-17-10-12-29(13-11-17)16-18-6-8-20(9-7-18)23-25-27-28-26-23/h1-9,17,21-22,24H,10-16H2,(H,25,26,27,28). The molecule has 0 spiro atoms. The zero-order valence-electron chi connectivity index (χ0n) is 16.7. The fourth-order valence-corrected chi connectivity index (χ4v) is 4.46. The van der Waals surface area contributed by atoms with Gasteiger partial charge in [-0.25, -0.2) is 0 Å². The normalized spacial score (nSPS) is 22.6. The van der Waals surface area contributed by atoms with Crippen molar-refractivity contribution in [1.82, 2.24) is 30.8 Å². The molecule has 2 aromatic carbocycles. The minimum Gasteiger partial charge on any atom is -0.313 e. The van der Waals surface area contributed by atoms with Crippen LogP contribution in [0.1, 0.15) is 36.3 Å². The van der Waals surface area contributed by atoms with Gasteiger partial charge in [0, 0.05) is 24.1 Å². The van der Waals surface area contributed by atoms with Gasteiger partial charge in [0.05, 0.1) is 0 Å². The summed E-state index contributed by atoms with van der Waals surface area (Å²) >= 11 is 0. The van der Waals surface area contributed by atoms with E-state index in [0.29, 0.717) is 11.9 Å². The first-order chi connectivity index (χ1) is 14.3. The lowest BCUT2D eigenvalue weighted by molar-refractivity contribution is 0.175. The van der Waals surface area contributed by atoms with Gasteiger partial charge in [-0.1, -0.05) is 54.6 Å². The number of aromatic amines is 1. The van der Waals surface area contributed by atoms with Gasteiger partial charge in [0.2, 0.25) is 5.82 Å². The van der Waals surface area contributed by atoms with E-state index in [-0.39, 0.29) is 0 Å². The summed E-state index contributed by atoms with van der Waals surface area (Å²) in [6, 6.07) is 20.1. The molecular weight excluding hydrogens is 360 g/mol. The van der Waals surface area contributed by atoms with Gasteiger partial charge < -0.3 is 5.32 Å². The van der Waals surface area contributed by atoms with Crippen LogP contribution in [0.25, 0.3) is 11.4 Å². The molecule has 1 aromatic heterocycles. The molecule has 0 bridgehead atoms. The van der Waals surface area contributed by atoms with Crippen LogP contribution in [0.15, 0.2) is 54.6 Å². The molecule has 1 saturated carbocycles. The van der Waals surface area contributed by atoms with Crippen LogP contribution in [0.4, 0.5) is 0 Å². The zero-order valence-corrected chi connectivity index (χ0v) is 16.7. The highest BCUT2D eigenvalue weighted by Gasteiger charge is 2.38. The van der Waals surface area contributed by atoms with Gasteiger partial charge in [0.25, 0.3) is 0 Å². The maximum Gasteiger partial charge on any atom is 0.204 e. The Kier molecular flexibility index (Phi) is 5.37. The van der Waals surface area contributed by atoms with E-state index in [2.05, 4.69) is 85.4 Å². The number of nitrogens with zero attached hydrogens (tertiary/aromatic N) is 4. The molecule has 3 aromatic rings. The number of hydrogen-bond donors (Lipinski definition) is 2. The lowest BCUT2D eigenvalue weighted by atomic mass is 9.96. The Labute approximate surface area is 171 Å².